The number of anilines is 1. The van der Waals surface area contributed by atoms with E-state index < -0.39 is 0 Å². The molecule has 7 nitrogen and oxygen atoms in total. The van der Waals surface area contributed by atoms with Crippen molar-refractivity contribution in [2.75, 3.05) is 11.4 Å². The van der Waals surface area contributed by atoms with Crippen LogP contribution in [0.1, 0.15) is 23.9 Å². The van der Waals surface area contributed by atoms with Crippen molar-refractivity contribution in [1.82, 2.24) is 24.4 Å². The summed E-state index contributed by atoms with van der Waals surface area (Å²) in [6, 6.07) is 1.71. The van der Waals surface area contributed by atoms with Crippen molar-refractivity contribution in [3.05, 3.63) is 39.6 Å². The molecule has 1 aliphatic rings. The number of aryl methyl sites for hydroxylation is 2. The van der Waals surface area contributed by atoms with Crippen molar-refractivity contribution in [2.24, 2.45) is 0 Å². The first-order chi connectivity index (χ1) is 10.6. The zero-order chi connectivity index (χ0) is 15.3. The summed E-state index contributed by atoms with van der Waals surface area (Å²) in [6.07, 6.45) is 2.76. The highest BCUT2D eigenvalue weighted by atomic mass is 32.1. The van der Waals surface area contributed by atoms with Gasteiger partial charge in [0.2, 0.25) is 10.1 Å². The molecule has 8 heteroatoms. The number of aromatic nitrogens is 5. The van der Waals surface area contributed by atoms with Crippen molar-refractivity contribution in [2.45, 2.75) is 33.4 Å². The van der Waals surface area contributed by atoms with Gasteiger partial charge in [0.25, 0.3) is 5.56 Å². The summed E-state index contributed by atoms with van der Waals surface area (Å²) in [7, 11) is 0. The van der Waals surface area contributed by atoms with Gasteiger partial charge < -0.3 is 4.90 Å². The van der Waals surface area contributed by atoms with Crippen LogP contribution in [0.15, 0.2) is 17.1 Å². The van der Waals surface area contributed by atoms with Crippen LogP contribution in [0.25, 0.3) is 4.96 Å². The number of rotatable bonds is 2. The first-order valence-electron chi connectivity index (χ1n) is 7.31. The Morgan fingerprint density at radius 2 is 2.23 bits per heavy atom. The average Bonchev–Trinajstić information content (AvgIpc) is 3.03. The summed E-state index contributed by atoms with van der Waals surface area (Å²) in [5.41, 5.74) is 2.96. The van der Waals surface area contributed by atoms with E-state index in [0.717, 1.165) is 40.0 Å². The molecule has 0 unspecified atom stereocenters. The summed E-state index contributed by atoms with van der Waals surface area (Å²) in [5.74, 6) is 0. The third-order valence-electron chi connectivity index (χ3n) is 3.87. The molecule has 0 spiro atoms. The SMILES string of the molecule is CCn1nc2c(cc1=O)CN(c1nn3cc(C)nc3s1)CC2. The van der Waals surface area contributed by atoms with Crippen LogP contribution >= 0.6 is 11.3 Å². The van der Waals surface area contributed by atoms with E-state index in [1.807, 2.05) is 24.6 Å². The maximum absolute atomic E-state index is 12.0. The Kier molecular flexibility index (Phi) is 3.00. The summed E-state index contributed by atoms with van der Waals surface area (Å²) in [5, 5.41) is 9.97. The minimum absolute atomic E-state index is 0.0346. The summed E-state index contributed by atoms with van der Waals surface area (Å²) >= 11 is 1.57. The zero-order valence-corrected chi connectivity index (χ0v) is 13.3. The third-order valence-corrected chi connectivity index (χ3v) is 4.85. The van der Waals surface area contributed by atoms with E-state index in [1.165, 1.54) is 4.68 Å². The van der Waals surface area contributed by atoms with E-state index in [0.29, 0.717) is 13.1 Å². The Morgan fingerprint density at radius 3 is 3.00 bits per heavy atom. The first-order valence-corrected chi connectivity index (χ1v) is 8.13. The van der Waals surface area contributed by atoms with Crippen LogP contribution in [0, 0.1) is 6.92 Å². The highest BCUT2D eigenvalue weighted by molar-refractivity contribution is 7.20. The molecule has 3 aromatic heterocycles. The van der Waals surface area contributed by atoms with Crippen molar-refractivity contribution < 1.29 is 0 Å². The smallest absolute Gasteiger partial charge is 0.267 e. The fourth-order valence-electron chi connectivity index (χ4n) is 2.76. The zero-order valence-electron chi connectivity index (χ0n) is 12.5. The molecule has 4 rings (SSSR count). The van der Waals surface area contributed by atoms with E-state index in [2.05, 4.69) is 20.1 Å². The lowest BCUT2D eigenvalue weighted by molar-refractivity contribution is 0.572. The molecule has 114 valence electrons. The second-order valence-electron chi connectivity index (χ2n) is 5.44. The fourth-order valence-corrected chi connectivity index (χ4v) is 3.71. The molecule has 0 bridgehead atoms. The second-order valence-corrected chi connectivity index (χ2v) is 6.37. The number of imidazole rings is 1. The standard InChI is InChI=1S/C14H16N6OS/c1-3-19-12(21)6-10-8-18(5-4-11(10)16-19)14-17-20-7-9(2)15-13(20)22-14/h6-7H,3-5,8H2,1-2H3. The highest BCUT2D eigenvalue weighted by Gasteiger charge is 2.22. The van der Waals surface area contributed by atoms with E-state index >= 15 is 0 Å². The molecule has 0 saturated heterocycles. The lowest BCUT2D eigenvalue weighted by Gasteiger charge is -2.27. The average molecular weight is 316 g/mol. The number of hydrogen-bond acceptors (Lipinski definition) is 6. The highest BCUT2D eigenvalue weighted by Crippen LogP contribution is 2.27. The van der Waals surface area contributed by atoms with E-state index in [4.69, 9.17) is 0 Å². The molecule has 3 aromatic rings. The molecule has 0 fully saturated rings. The minimum Gasteiger partial charge on any atom is -0.342 e. The minimum atomic E-state index is -0.0346. The first kappa shape index (κ1) is 13.4. The number of hydrogen-bond donors (Lipinski definition) is 0. The molecule has 0 aliphatic carbocycles. The van der Waals surface area contributed by atoms with E-state index in [9.17, 15) is 4.79 Å². The van der Waals surface area contributed by atoms with E-state index in [-0.39, 0.29) is 5.56 Å². The maximum Gasteiger partial charge on any atom is 0.267 e. The Hall–Kier alpha value is -2.22. The van der Waals surface area contributed by atoms with Crippen LogP contribution in [0.3, 0.4) is 0 Å². The van der Waals surface area contributed by atoms with Crippen molar-refractivity contribution in [3.8, 4) is 0 Å². The molecular weight excluding hydrogens is 300 g/mol. The van der Waals surface area contributed by atoms with Crippen LogP contribution in [0.4, 0.5) is 5.13 Å². The van der Waals surface area contributed by atoms with Gasteiger partial charge in [-0.3, -0.25) is 4.79 Å². The van der Waals surface area contributed by atoms with Gasteiger partial charge in [0.1, 0.15) is 0 Å². The Morgan fingerprint density at radius 1 is 1.36 bits per heavy atom. The molecule has 0 saturated carbocycles. The summed E-state index contributed by atoms with van der Waals surface area (Å²) in [4.78, 5) is 19.5. The van der Waals surface area contributed by atoms with Gasteiger partial charge in [0, 0.05) is 37.7 Å². The molecule has 0 aromatic carbocycles. The van der Waals surface area contributed by atoms with Crippen molar-refractivity contribution >= 4 is 21.4 Å². The lowest BCUT2D eigenvalue weighted by Crippen LogP contribution is -2.34. The van der Waals surface area contributed by atoms with Gasteiger partial charge in [-0.1, -0.05) is 11.3 Å². The lowest BCUT2D eigenvalue weighted by atomic mass is 10.1. The second kappa shape index (κ2) is 4.91. The topological polar surface area (TPSA) is 68.3 Å². The third kappa shape index (κ3) is 2.10. The van der Waals surface area contributed by atoms with Gasteiger partial charge in [0.05, 0.1) is 17.6 Å². The van der Waals surface area contributed by atoms with Crippen LogP contribution in [0.2, 0.25) is 0 Å². The van der Waals surface area contributed by atoms with Crippen molar-refractivity contribution in [3.63, 3.8) is 0 Å². The van der Waals surface area contributed by atoms with Crippen LogP contribution < -0.4 is 10.5 Å². The Bertz CT molecular complexity index is 876. The normalized spacial score (nSPS) is 14.5. The van der Waals surface area contributed by atoms with Gasteiger partial charge in [-0.25, -0.2) is 14.2 Å². The molecule has 0 atom stereocenters. The molecule has 4 heterocycles. The fraction of sp³-hybridized carbons (Fsp3) is 0.429. The molecule has 0 N–H and O–H groups in total. The predicted octanol–water partition coefficient (Wildman–Crippen LogP) is 1.24. The van der Waals surface area contributed by atoms with Crippen molar-refractivity contribution in [1.29, 1.82) is 0 Å². The monoisotopic (exact) mass is 316 g/mol. The van der Waals surface area contributed by atoms with Crippen LogP contribution in [-0.2, 0) is 19.5 Å². The Balaban J connectivity index is 1.67. The van der Waals surface area contributed by atoms with Crippen LogP contribution in [0.5, 0.6) is 0 Å². The molecule has 1 aliphatic heterocycles. The molecule has 22 heavy (non-hydrogen) atoms. The Labute approximate surface area is 130 Å². The summed E-state index contributed by atoms with van der Waals surface area (Å²) < 4.78 is 3.34. The molecular formula is C14H16N6OS. The quantitative estimate of drug-likeness (QED) is 0.711. The predicted molar refractivity (Wildman–Crippen MR) is 84.5 cm³/mol. The van der Waals surface area contributed by atoms with Gasteiger partial charge in [-0.15, -0.1) is 5.10 Å². The van der Waals surface area contributed by atoms with E-state index in [1.54, 1.807) is 17.4 Å². The number of fused-ring (bicyclic) bond motifs is 2. The summed E-state index contributed by atoms with van der Waals surface area (Å²) in [6.45, 7) is 6.04. The molecule has 0 radical (unpaired) electrons. The maximum atomic E-state index is 12.0. The molecule has 0 amide bonds. The van der Waals surface area contributed by atoms with Crippen LogP contribution in [-0.4, -0.2) is 30.9 Å². The number of nitrogens with zero attached hydrogens (tertiary/aromatic N) is 6. The van der Waals surface area contributed by atoms with Gasteiger partial charge >= 0.3 is 0 Å². The van der Waals surface area contributed by atoms with Gasteiger partial charge in [-0.05, 0) is 13.8 Å². The van der Waals surface area contributed by atoms with Gasteiger partial charge in [0.15, 0.2) is 0 Å². The largest absolute Gasteiger partial charge is 0.342 e. The van der Waals surface area contributed by atoms with Gasteiger partial charge in [-0.2, -0.15) is 5.10 Å².